The highest BCUT2D eigenvalue weighted by Crippen LogP contribution is 2.30. The molecule has 1 atom stereocenters. The molecule has 104 valence electrons. The van der Waals surface area contributed by atoms with Crippen LogP contribution in [0.25, 0.3) is 0 Å². The average Bonchev–Trinajstić information content (AvgIpc) is 2.39. The molecule has 1 aromatic rings. The van der Waals surface area contributed by atoms with Crippen molar-refractivity contribution in [2.24, 2.45) is 0 Å². The van der Waals surface area contributed by atoms with E-state index in [9.17, 15) is 0 Å². The molecule has 1 unspecified atom stereocenters. The molecule has 1 aromatic carbocycles. The van der Waals surface area contributed by atoms with E-state index in [2.05, 4.69) is 68.4 Å². The van der Waals surface area contributed by atoms with Gasteiger partial charge in [0, 0.05) is 8.95 Å². The molecular formula is C15H19Br2NO. The highest BCUT2D eigenvalue weighted by Gasteiger charge is 2.20. The largest absolute Gasteiger partial charge is 0.496 e. The molecule has 0 aromatic heterocycles. The number of hydrogen-bond donors (Lipinski definition) is 1. The van der Waals surface area contributed by atoms with E-state index in [4.69, 9.17) is 4.74 Å². The summed E-state index contributed by atoms with van der Waals surface area (Å²) in [5.41, 5.74) is 1.22. The molecule has 2 nitrogen and oxygen atoms in total. The zero-order valence-electron chi connectivity index (χ0n) is 11.1. The smallest absolute Gasteiger partial charge is 0.113 e. The standard InChI is InChI=1S/C15H19Br2NO/c1-2-6-18-15(14-5-3-4-7-19-14)11-8-12(16)10-13(17)9-11/h5,8-10,15,18H,2-4,6-7H2,1H3. The number of rotatable bonds is 5. The van der Waals surface area contributed by atoms with Gasteiger partial charge in [0.1, 0.15) is 5.76 Å². The quantitative estimate of drug-likeness (QED) is 0.770. The van der Waals surface area contributed by atoms with Crippen molar-refractivity contribution in [2.75, 3.05) is 13.2 Å². The second kappa shape index (κ2) is 7.46. The number of allylic oxidation sites excluding steroid dienone is 1. The van der Waals surface area contributed by atoms with Gasteiger partial charge in [-0.25, -0.2) is 0 Å². The highest BCUT2D eigenvalue weighted by atomic mass is 79.9. The Morgan fingerprint density at radius 3 is 2.58 bits per heavy atom. The van der Waals surface area contributed by atoms with Crippen LogP contribution >= 0.6 is 31.9 Å². The van der Waals surface area contributed by atoms with Gasteiger partial charge >= 0.3 is 0 Å². The van der Waals surface area contributed by atoms with Gasteiger partial charge in [-0.05, 0) is 55.6 Å². The lowest BCUT2D eigenvalue weighted by atomic mass is 10.0. The summed E-state index contributed by atoms with van der Waals surface area (Å²) >= 11 is 7.11. The SMILES string of the molecule is CCCNC(C1=CCCCO1)c1cc(Br)cc(Br)c1. The van der Waals surface area contributed by atoms with Crippen molar-refractivity contribution in [1.29, 1.82) is 0 Å². The Morgan fingerprint density at radius 2 is 2.00 bits per heavy atom. The number of ether oxygens (including phenoxy) is 1. The Bertz CT molecular complexity index is 439. The van der Waals surface area contributed by atoms with Crippen LogP contribution in [-0.4, -0.2) is 13.2 Å². The van der Waals surface area contributed by atoms with Crippen LogP contribution in [0.15, 0.2) is 39.0 Å². The zero-order valence-corrected chi connectivity index (χ0v) is 14.3. The maximum Gasteiger partial charge on any atom is 0.113 e. The molecule has 0 bridgehead atoms. The molecule has 2 rings (SSSR count). The average molecular weight is 389 g/mol. The Morgan fingerprint density at radius 1 is 1.26 bits per heavy atom. The maximum atomic E-state index is 5.84. The van der Waals surface area contributed by atoms with Crippen LogP contribution in [0.2, 0.25) is 0 Å². The zero-order chi connectivity index (χ0) is 13.7. The van der Waals surface area contributed by atoms with Gasteiger partial charge in [0.2, 0.25) is 0 Å². The van der Waals surface area contributed by atoms with Gasteiger partial charge in [0.05, 0.1) is 12.6 Å². The first-order valence-corrected chi connectivity index (χ1v) is 8.31. The second-order valence-corrected chi connectivity index (χ2v) is 6.52. The van der Waals surface area contributed by atoms with Gasteiger partial charge in [-0.2, -0.15) is 0 Å². The summed E-state index contributed by atoms with van der Waals surface area (Å²) in [6.45, 7) is 3.98. The minimum Gasteiger partial charge on any atom is -0.496 e. The van der Waals surface area contributed by atoms with Crippen LogP contribution in [0.4, 0.5) is 0 Å². The van der Waals surface area contributed by atoms with Crippen molar-refractivity contribution in [3.05, 3.63) is 44.5 Å². The Hall–Kier alpha value is -0.320. The molecule has 0 saturated heterocycles. The number of benzene rings is 1. The van der Waals surface area contributed by atoms with Gasteiger partial charge in [-0.1, -0.05) is 38.8 Å². The van der Waals surface area contributed by atoms with Crippen molar-refractivity contribution in [1.82, 2.24) is 5.32 Å². The minimum atomic E-state index is 0.147. The van der Waals surface area contributed by atoms with E-state index in [1.165, 1.54) is 5.56 Å². The fourth-order valence-electron chi connectivity index (χ4n) is 2.19. The van der Waals surface area contributed by atoms with Crippen LogP contribution in [0.5, 0.6) is 0 Å². The van der Waals surface area contributed by atoms with Crippen molar-refractivity contribution in [3.8, 4) is 0 Å². The predicted molar refractivity (Wildman–Crippen MR) is 86.1 cm³/mol. The topological polar surface area (TPSA) is 21.3 Å². The molecule has 0 radical (unpaired) electrons. The summed E-state index contributed by atoms with van der Waals surface area (Å²) in [5, 5.41) is 3.57. The summed E-state index contributed by atoms with van der Waals surface area (Å²) in [4.78, 5) is 0. The first-order chi connectivity index (χ1) is 9.20. The molecule has 0 saturated carbocycles. The van der Waals surface area contributed by atoms with E-state index in [0.29, 0.717) is 0 Å². The molecule has 0 amide bonds. The number of hydrogen-bond acceptors (Lipinski definition) is 2. The molecule has 1 aliphatic rings. The third-order valence-electron chi connectivity index (χ3n) is 3.06. The van der Waals surface area contributed by atoms with Crippen LogP contribution in [0.1, 0.15) is 37.8 Å². The first-order valence-electron chi connectivity index (χ1n) is 6.73. The van der Waals surface area contributed by atoms with Crippen LogP contribution < -0.4 is 5.32 Å². The minimum absolute atomic E-state index is 0.147. The second-order valence-electron chi connectivity index (χ2n) is 4.69. The Labute approximate surface area is 131 Å². The fraction of sp³-hybridized carbons (Fsp3) is 0.467. The number of halogens is 2. The van der Waals surface area contributed by atoms with Crippen LogP contribution in [-0.2, 0) is 4.74 Å². The third-order valence-corrected chi connectivity index (χ3v) is 3.98. The molecule has 1 aliphatic heterocycles. The predicted octanol–water partition coefficient (Wildman–Crippen LogP) is 4.95. The molecule has 0 fully saturated rings. The summed E-state index contributed by atoms with van der Waals surface area (Å²) in [5.74, 6) is 1.06. The Balaban J connectivity index is 2.27. The van der Waals surface area contributed by atoms with E-state index >= 15 is 0 Å². The van der Waals surface area contributed by atoms with Gasteiger partial charge < -0.3 is 10.1 Å². The lowest BCUT2D eigenvalue weighted by Crippen LogP contribution is -2.26. The monoisotopic (exact) mass is 387 g/mol. The lowest BCUT2D eigenvalue weighted by Gasteiger charge is -2.25. The van der Waals surface area contributed by atoms with E-state index in [-0.39, 0.29) is 6.04 Å². The van der Waals surface area contributed by atoms with Gasteiger partial charge in [-0.15, -0.1) is 0 Å². The number of nitrogens with one attached hydrogen (secondary N) is 1. The van der Waals surface area contributed by atoms with Gasteiger partial charge in [-0.3, -0.25) is 0 Å². The Kier molecular flexibility index (Phi) is 5.92. The normalized spacial score (nSPS) is 16.7. The van der Waals surface area contributed by atoms with E-state index in [1.54, 1.807) is 0 Å². The van der Waals surface area contributed by atoms with Gasteiger partial charge in [0.15, 0.2) is 0 Å². The fourth-order valence-corrected chi connectivity index (χ4v) is 3.52. The van der Waals surface area contributed by atoms with Crippen molar-refractivity contribution in [2.45, 2.75) is 32.2 Å². The van der Waals surface area contributed by atoms with Crippen LogP contribution in [0.3, 0.4) is 0 Å². The molecule has 4 heteroatoms. The first kappa shape index (κ1) is 15.1. The summed E-state index contributed by atoms with van der Waals surface area (Å²) in [6.07, 6.45) is 5.55. The van der Waals surface area contributed by atoms with E-state index in [1.807, 2.05) is 0 Å². The summed E-state index contributed by atoms with van der Waals surface area (Å²) < 4.78 is 8.00. The highest BCUT2D eigenvalue weighted by molar-refractivity contribution is 9.11. The van der Waals surface area contributed by atoms with Gasteiger partial charge in [0.25, 0.3) is 0 Å². The molecular weight excluding hydrogens is 370 g/mol. The molecule has 0 spiro atoms. The van der Waals surface area contributed by atoms with E-state index < -0.39 is 0 Å². The molecule has 1 N–H and O–H groups in total. The van der Waals surface area contributed by atoms with Crippen LogP contribution in [0, 0.1) is 0 Å². The summed E-state index contributed by atoms with van der Waals surface area (Å²) in [7, 11) is 0. The van der Waals surface area contributed by atoms with E-state index in [0.717, 1.165) is 47.1 Å². The van der Waals surface area contributed by atoms with Crippen molar-refractivity contribution < 1.29 is 4.74 Å². The molecule has 1 heterocycles. The van der Waals surface area contributed by atoms with Crippen molar-refractivity contribution >= 4 is 31.9 Å². The lowest BCUT2D eigenvalue weighted by molar-refractivity contribution is 0.167. The van der Waals surface area contributed by atoms with Crippen molar-refractivity contribution in [3.63, 3.8) is 0 Å². The maximum absolute atomic E-state index is 5.84. The molecule has 19 heavy (non-hydrogen) atoms. The third kappa shape index (κ3) is 4.33. The summed E-state index contributed by atoms with van der Waals surface area (Å²) in [6, 6.07) is 6.50. The molecule has 0 aliphatic carbocycles.